The molecule has 7 heteroatoms. The van der Waals surface area contributed by atoms with E-state index in [-0.39, 0.29) is 12.2 Å². The quantitative estimate of drug-likeness (QED) is 0.422. The van der Waals surface area contributed by atoms with Crippen molar-refractivity contribution >= 4 is 57.2 Å². The zero-order valence-corrected chi connectivity index (χ0v) is 13.7. The van der Waals surface area contributed by atoms with Crippen LogP contribution in [0.2, 0.25) is 10.0 Å². The Morgan fingerprint density at radius 3 is 2.65 bits per heavy atom. The highest BCUT2D eigenvalue weighted by atomic mass is 127. The summed E-state index contributed by atoms with van der Waals surface area (Å²) in [6.07, 6.45) is 0. The van der Waals surface area contributed by atoms with Gasteiger partial charge in [0.2, 0.25) is 0 Å². The Morgan fingerprint density at radius 1 is 1.25 bits per heavy atom. The lowest BCUT2D eigenvalue weighted by Gasteiger charge is -2.10. The summed E-state index contributed by atoms with van der Waals surface area (Å²) in [5.74, 6) is 0. The largest absolute Gasteiger partial charge is 0.380 e. The molecule has 0 heterocycles. The van der Waals surface area contributed by atoms with Crippen LogP contribution < -0.4 is 5.32 Å². The summed E-state index contributed by atoms with van der Waals surface area (Å²) in [5.41, 5.74) is 1.32. The first kappa shape index (κ1) is 15.3. The van der Waals surface area contributed by atoms with Gasteiger partial charge in [0.15, 0.2) is 0 Å². The minimum atomic E-state index is -0.435. The number of hydrogen-bond acceptors (Lipinski definition) is 3. The lowest BCUT2D eigenvalue weighted by molar-refractivity contribution is -0.385. The van der Waals surface area contributed by atoms with Gasteiger partial charge in [-0.1, -0.05) is 29.3 Å². The Balaban J connectivity index is 2.25. The van der Waals surface area contributed by atoms with Crippen LogP contribution in [0.4, 0.5) is 11.4 Å². The first-order valence-electron chi connectivity index (χ1n) is 5.59. The van der Waals surface area contributed by atoms with E-state index in [0.29, 0.717) is 15.6 Å². The molecule has 0 aromatic heterocycles. The van der Waals surface area contributed by atoms with E-state index >= 15 is 0 Å². The molecule has 0 bridgehead atoms. The highest BCUT2D eigenvalue weighted by Crippen LogP contribution is 2.28. The van der Waals surface area contributed by atoms with Crippen molar-refractivity contribution in [1.29, 1.82) is 0 Å². The normalized spacial score (nSPS) is 10.3. The number of nitro groups is 1. The molecule has 0 aliphatic heterocycles. The fourth-order valence-electron chi connectivity index (χ4n) is 1.71. The lowest BCUT2D eigenvalue weighted by Crippen LogP contribution is -2.05. The van der Waals surface area contributed by atoms with Gasteiger partial charge in [-0.2, -0.15) is 0 Å². The zero-order valence-electron chi connectivity index (χ0n) is 10.1. The van der Waals surface area contributed by atoms with Crippen molar-refractivity contribution < 1.29 is 4.92 Å². The summed E-state index contributed by atoms with van der Waals surface area (Å²) < 4.78 is 0.935. The molecule has 0 unspecified atom stereocenters. The second-order valence-corrected chi connectivity index (χ2v) is 5.98. The van der Waals surface area contributed by atoms with E-state index in [1.807, 2.05) is 12.1 Å². The maximum atomic E-state index is 11.0. The Labute approximate surface area is 139 Å². The highest BCUT2D eigenvalue weighted by molar-refractivity contribution is 14.1. The summed E-state index contributed by atoms with van der Waals surface area (Å²) in [5, 5.41) is 15.1. The van der Waals surface area contributed by atoms with Crippen LogP contribution in [0.5, 0.6) is 0 Å². The summed E-state index contributed by atoms with van der Waals surface area (Å²) in [6.45, 7) is 0.271. The Hall–Kier alpha value is -1.05. The van der Waals surface area contributed by atoms with Gasteiger partial charge in [0, 0.05) is 26.9 Å². The monoisotopic (exact) mass is 422 g/mol. The van der Waals surface area contributed by atoms with Crippen molar-refractivity contribution in [2.75, 3.05) is 5.32 Å². The molecule has 2 aromatic carbocycles. The number of rotatable bonds is 4. The van der Waals surface area contributed by atoms with Crippen molar-refractivity contribution in [1.82, 2.24) is 0 Å². The topological polar surface area (TPSA) is 55.2 Å². The maximum Gasteiger partial charge on any atom is 0.275 e. The van der Waals surface area contributed by atoms with Crippen LogP contribution in [-0.4, -0.2) is 4.92 Å². The third-order valence-electron chi connectivity index (χ3n) is 2.68. The molecule has 1 N–H and O–H groups in total. The Kier molecular flexibility index (Phi) is 5.06. The molecule has 0 aliphatic rings. The number of nitrogens with zero attached hydrogens (tertiary/aromatic N) is 1. The van der Waals surface area contributed by atoms with Gasteiger partial charge in [-0.15, -0.1) is 0 Å². The highest BCUT2D eigenvalue weighted by Gasteiger charge is 2.16. The third kappa shape index (κ3) is 3.53. The van der Waals surface area contributed by atoms with E-state index in [2.05, 4.69) is 27.9 Å². The van der Waals surface area contributed by atoms with E-state index in [0.717, 1.165) is 9.26 Å². The van der Waals surface area contributed by atoms with Crippen LogP contribution in [-0.2, 0) is 6.54 Å². The van der Waals surface area contributed by atoms with E-state index < -0.39 is 4.92 Å². The average Bonchev–Trinajstić information content (AvgIpc) is 2.38. The summed E-state index contributed by atoms with van der Waals surface area (Å²) in [7, 11) is 0. The van der Waals surface area contributed by atoms with Crippen molar-refractivity contribution in [2.45, 2.75) is 6.54 Å². The first-order valence-corrected chi connectivity index (χ1v) is 7.43. The van der Waals surface area contributed by atoms with Crippen molar-refractivity contribution in [3.63, 3.8) is 0 Å². The predicted molar refractivity (Wildman–Crippen MR) is 89.6 cm³/mol. The molecule has 0 atom stereocenters. The maximum absolute atomic E-state index is 11.0. The van der Waals surface area contributed by atoms with Crippen molar-refractivity contribution in [2.24, 2.45) is 0 Å². The molecule has 0 radical (unpaired) electrons. The summed E-state index contributed by atoms with van der Waals surface area (Å²) in [6, 6.07) is 10.0. The fourth-order valence-corrected chi connectivity index (χ4v) is 3.01. The van der Waals surface area contributed by atoms with Crippen molar-refractivity contribution in [3.8, 4) is 0 Å². The van der Waals surface area contributed by atoms with Crippen LogP contribution in [0.3, 0.4) is 0 Å². The standard InChI is InChI=1S/C13H9Cl2IN2O2/c14-8-4-5-12(11(16)6-8)17-7-9-10(15)2-1-3-13(9)18(19)20/h1-6,17H,7H2. The average molecular weight is 423 g/mol. The minimum Gasteiger partial charge on any atom is -0.380 e. The molecule has 0 saturated heterocycles. The Bertz CT molecular complexity index is 665. The molecular formula is C13H9Cl2IN2O2. The smallest absolute Gasteiger partial charge is 0.275 e. The number of benzene rings is 2. The molecule has 4 nitrogen and oxygen atoms in total. The molecule has 0 aliphatic carbocycles. The van der Waals surface area contributed by atoms with Crippen LogP contribution in [0.1, 0.15) is 5.56 Å². The van der Waals surface area contributed by atoms with Crippen molar-refractivity contribution in [3.05, 3.63) is 65.7 Å². The van der Waals surface area contributed by atoms with Gasteiger partial charge in [-0.3, -0.25) is 10.1 Å². The van der Waals surface area contributed by atoms with Gasteiger partial charge in [-0.05, 0) is 46.9 Å². The van der Waals surface area contributed by atoms with E-state index in [1.54, 1.807) is 18.2 Å². The summed E-state index contributed by atoms with van der Waals surface area (Å²) >= 11 is 14.1. The lowest BCUT2D eigenvalue weighted by atomic mass is 10.1. The molecule has 0 amide bonds. The zero-order chi connectivity index (χ0) is 14.7. The number of nitro benzene ring substituents is 1. The number of hydrogen-bond donors (Lipinski definition) is 1. The van der Waals surface area contributed by atoms with E-state index in [1.165, 1.54) is 6.07 Å². The number of anilines is 1. The SMILES string of the molecule is O=[N+]([O-])c1cccc(Cl)c1CNc1ccc(Cl)cc1I. The molecule has 2 rings (SSSR count). The van der Waals surface area contributed by atoms with Gasteiger partial charge in [-0.25, -0.2) is 0 Å². The van der Waals surface area contributed by atoms with Gasteiger partial charge in [0.05, 0.1) is 15.5 Å². The second kappa shape index (κ2) is 6.60. The molecule has 104 valence electrons. The van der Waals surface area contributed by atoms with Crippen LogP contribution in [0.15, 0.2) is 36.4 Å². The van der Waals surface area contributed by atoms with Crippen LogP contribution >= 0.6 is 45.8 Å². The summed E-state index contributed by atoms with van der Waals surface area (Å²) in [4.78, 5) is 10.6. The van der Waals surface area contributed by atoms with Gasteiger partial charge in [0.25, 0.3) is 5.69 Å². The predicted octanol–water partition coefficient (Wildman–Crippen LogP) is 5.12. The molecular weight excluding hydrogens is 414 g/mol. The minimum absolute atomic E-state index is 0.00831. The van der Waals surface area contributed by atoms with Crippen LogP contribution in [0.25, 0.3) is 0 Å². The van der Waals surface area contributed by atoms with Gasteiger partial charge in [0.1, 0.15) is 0 Å². The third-order valence-corrected chi connectivity index (χ3v) is 4.16. The van der Waals surface area contributed by atoms with E-state index in [9.17, 15) is 10.1 Å². The first-order chi connectivity index (χ1) is 9.49. The molecule has 2 aromatic rings. The van der Waals surface area contributed by atoms with E-state index in [4.69, 9.17) is 23.2 Å². The van der Waals surface area contributed by atoms with Gasteiger partial charge >= 0.3 is 0 Å². The number of halogens is 3. The fraction of sp³-hybridized carbons (Fsp3) is 0.0769. The second-order valence-electron chi connectivity index (χ2n) is 3.97. The Morgan fingerprint density at radius 2 is 2.00 bits per heavy atom. The molecule has 20 heavy (non-hydrogen) atoms. The van der Waals surface area contributed by atoms with Gasteiger partial charge < -0.3 is 5.32 Å². The number of nitrogens with one attached hydrogen (secondary N) is 1. The molecule has 0 saturated carbocycles. The molecule has 0 fully saturated rings. The van der Waals surface area contributed by atoms with Crippen LogP contribution in [0, 0.1) is 13.7 Å². The molecule has 0 spiro atoms.